The van der Waals surface area contributed by atoms with Crippen LogP contribution in [0.15, 0.2) is 43.0 Å². The molecule has 96 valence electrons. The molecule has 0 N–H and O–H groups in total. The molecule has 0 unspecified atom stereocenters. The topological polar surface area (TPSA) is 3.01 Å². The summed E-state index contributed by atoms with van der Waals surface area (Å²) in [6.45, 7) is 11.1. The van der Waals surface area contributed by atoms with E-state index in [0.29, 0.717) is 11.8 Å². The Bertz CT molecular complexity index is 422. The van der Waals surface area contributed by atoms with Gasteiger partial charge in [-0.25, -0.2) is 4.58 Å². The van der Waals surface area contributed by atoms with Crippen LogP contribution in [0, 0.1) is 5.92 Å². The summed E-state index contributed by atoms with van der Waals surface area (Å²) in [5.74, 6) is 0.954. The highest BCUT2D eigenvalue weighted by Crippen LogP contribution is 2.27. The molecule has 1 fully saturated rings. The maximum Gasteiger partial charge on any atom is 0.152 e. The molecular weight excluding hydrogens is 218 g/mol. The minimum absolute atomic E-state index is 0.423. The van der Waals surface area contributed by atoms with Gasteiger partial charge in [-0.3, -0.25) is 0 Å². The average molecular weight is 242 g/mol. The normalized spacial score (nSPS) is 18.4. The van der Waals surface area contributed by atoms with Gasteiger partial charge in [0, 0.05) is 31.6 Å². The highest BCUT2D eigenvalue weighted by molar-refractivity contribution is 5.80. The van der Waals surface area contributed by atoms with Crippen LogP contribution in [0.1, 0.15) is 38.2 Å². The van der Waals surface area contributed by atoms with Gasteiger partial charge in [0.2, 0.25) is 0 Å². The predicted molar refractivity (Wildman–Crippen MR) is 78.5 cm³/mol. The third-order valence-electron chi connectivity index (χ3n) is 4.24. The lowest BCUT2D eigenvalue weighted by atomic mass is 9.84. The van der Waals surface area contributed by atoms with Gasteiger partial charge in [-0.1, -0.05) is 43.3 Å². The van der Waals surface area contributed by atoms with Crippen LogP contribution in [0.2, 0.25) is 0 Å². The maximum absolute atomic E-state index is 4.04. The molecule has 18 heavy (non-hydrogen) atoms. The second-order valence-corrected chi connectivity index (χ2v) is 5.30. The Morgan fingerprint density at radius 1 is 1.22 bits per heavy atom. The zero-order valence-corrected chi connectivity index (χ0v) is 11.6. The molecule has 1 saturated heterocycles. The highest BCUT2D eigenvalue weighted by Gasteiger charge is 2.26. The summed E-state index contributed by atoms with van der Waals surface area (Å²) < 4.78 is 2.55. The van der Waals surface area contributed by atoms with Gasteiger partial charge in [-0.15, -0.1) is 6.58 Å². The summed E-state index contributed by atoms with van der Waals surface area (Å²) in [6.07, 6.45) is 4.78. The molecule has 2 rings (SSSR count). The van der Waals surface area contributed by atoms with Gasteiger partial charge < -0.3 is 0 Å². The van der Waals surface area contributed by atoms with Gasteiger partial charge in [0.05, 0.1) is 0 Å². The molecule has 1 aromatic rings. The van der Waals surface area contributed by atoms with E-state index < -0.39 is 0 Å². The Kier molecular flexibility index (Phi) is 4.35. The molecule has 1 nitrogen and oxygen atoms in total. The van der Waals surface area contributed by atoms with Crippen LogP contribution in [0.3, 0.4) is 0 Å². The Hall–Kier alpha value is -1.37. The molecule has 2 atom stereocenters. The second-order valence-electron chi connectivity index (χ2n) is 5.30. The van der Waals surface area contributed by atoms with E-state index in [1.54, 1.807) is 0 Å². The Labute approximate surface area is 111 Å². The Morgan fingerprint density at radius 2 is 1.83 bits per heavy atom. The van der Waals surface area contributed by atoms with E-state index in [-0.39, 0.29) is 0 Å². The van der Waals surface area contributed by atoms with Crippen molar-refractivity contribution in [3.05, 3.63) is 48.6 Å². The molecule has 0 aromatic heterocycles. The van der Waals surface area contributed by atoms with Gasteiger partial charge in [0.1, 0.15) is 13.1 Å². The van der Waals surface area contributed by atoms with Crippen molar-refractivity contribution in [2.45, 2.75) is 32.6 Å². The van der Waals surface area contributed by atoms with E-state index in [0.717, 1.165) is 0 Å². The van der Waals surface area contributed by atoms with Crippen LogP contribution in [0.4, 0.5) is 0 Å². The van der Waals surface area contributed by atoms with Crippen molar-refractivity contribution in [1.82, 2.24) is 0 Å². The standard InChI is InChI=1S/C17H24N/c1-4-17(16-10-6-5-7-11-16)14(2)15(3)18-12-8-9-13-18/h4-7,10-11,14,17H,1,8-9,12-13H2,2-3H3/q+1/t14-,17-/m0/s1. The van der Waals surface area contributed by atoms with Crippen LogP contribution < -0.4 is 0 Å². The van der Waals surface area contributed by atoms with E-state index in [2.05, 4.69) is 61.4 Å². The zero-order valence-electron chi connectivity index (χ0n) is 11.6. The summed E-state index contributed by atoms with van der Waals surface area (Å²) in [7, 11) is 0. The maximum atomic E-state index is 4.04. The van der Waals surface area contributed by atoms with Gasteiger partial charge in [-0.2, -0.15) is 0 Å². The van der Waals surface area contributed by atoms with Crippen LogP contribution in [0.5, 0.6) is 0 Å². The minimum atomic E-state index is 0.423. The fourth-order valence-corrected chi connectivity index (χ4v) is 2.92. The van der Waals surface area contributed by atoms with Crippen molar-refractivity contribution >= 4 is 5.71 Å². The summed E-state index contributed by atoms with van der Waals surface area (Å²) in [6, 6.07) is 10.7. The van der Waals surface area contributed by atoms with E-state index in [9.17, 15) is 0 Å². The highest BCUT2D eigenvalue weighted by atomic mass is 15.0. The first-order valence-electron chi connectivity index (χ1n) is 7.00. The molecule has 1 aliphatic heterocycles. The van der Waals surface area contributed by atoms with E-state index in [1.807, 2.05) is 0 Å². The number of allylic oxidation sites excluding steroid dienone is 1. The Balaban J connectivity index is 2.23. The third kappa shape index (κ3) is 2.72. The number of benzene rings is 1. The van der Waals surface area contributed by atoms with Crippen molar-refractivity contribution in [2.75, 3.05) is 13.1 Å². The molecule has 0 bridgehead atoms. The molecule has 1 aromatic carbocycles. The zero-order chi connectivity index (χ0) is 13.0. The first-order valence-corrected chi connectivity index (χ1v) is 7.00. The molecule has 1 heterocycles. The van der Waals surface area contributed by atoms with Crippen molar-refractivity contribution in [3.63, 3.8) is 0 Å². The fourth-order valence-electron chi connectivity index (χ4n) is 2.92. The van der Waals surface area contributed by atoms with E-state index in [1.165, 1.54) is 37.2 Å². The summed E-state index contributed by atoms with van der Waals surface area (Å²) in [4.78, 5) is 0. The van der Waals surface area contributed by atoms with Gasteiger partial charge in [0.25, 0.3) is 0 Å². The van der Waals surface area contributed by atoms with Gasteiger partial charge in [0.15, 0.2) is 5.71 Å². The largest absolute Gasteiger partial charge is 0.237 e. The smallest absolute Gasteiger partial charge is 0.152 e. The number of rotatable bonds is 4. The molecule has 0 aliphatic carbocycles. The van der Waals surface area contributed by atoms with Crippen molar-refractivity contribution in [2.24, 2.45) is 5.92 Å². The lowest BCUT2D eigenvalue weighted by Gasteiger charge is -2.20. The SMILES string of the molecule is C=C[C@H](c1ccccc1)[C@@H](C)C(C)=[N+]1CCCC1. The molecule has 1 heteroatoms. The Morgan fingerprint density at radius 3 is 2.39 bits per heavy atom. The number of hydrogen-bond donors (Lipinski definition) is 0. The van der Waals surface area contributed by atoms with Gasteiger partial charge >= 0.3 is 0 Å². The summed E-state index contributed by atoms with van der Waals surface area (Å²) in [5.41, 5.74) is 2.89. The van der Waals surface area contributed by atoms with Crippen LogP contribution in [-0.2, 0) is 0 Å². The summed E-state index contributed by atoms with van der Waals surface area (Å²) in [5, 5.41) is 0. The lowest BCUT2D eigenvalue weighted by Crippen LogP contribution is -2.25. The van der Waals surface area contributed by atoms with Crippen molar-refractivity contribution in [3.8, 4) is 0 Å². The monoisotopic (exact) mass is 242 g/mol. The molecule has 0 radical (unpaired) electrons. The van der Waals surface area contributed by atoms with E-state index in [4.69, 9.17) is 0 Å². The first kappa shape index (κ1) is 13.1. The number of nitrogens with zero attached hydrogens (tertiary/aromatic N) is 1. The molecule has 0 spiro atoms. The second kappa shape index (κ2) is 5.99. The minimum Gasteiger partial charge on any atom is -0.237 e. The predicted octanol–water partition coefficient (Wildman–Crippen LogP) is 3.86. The third-order valence-corrected chi connectivity index (χ3v) is 4.24. The molecule has 0 amide bonds. The fraction of sp³-hybridized carbons (Fsp3) is 0.471. The van der Waals surface area contributed by atoms with Crippen LogP contribution in [0.25, 0.3) is 0 Å². The number of hydrogen-bond acceptors (Lipinski definition) is 0. The van der Waals surface area contributed by atoms with Crippen LogP contribution >= 0.6 is 0 Å². The summed E-state index contributed by atoms with van der Waals surface area (Å²) >= 11 is 0. The first-order chi connectivity index (χ1) is 8.74. The average Bonchev–Trinajstić information content (AvgIpc) is 2.94. The molecule has 1 aliphatic rings. The quantitative estimate of drug-likeness (QED) is 0.557. The lowest BCUT2D eigenvalue weighted by molar-refractivity contribution is -0.509. The van der Waals surface area contributed by atoms with Crippen LogP contribution in [-0.4, -0.2) is 23.4 Å². The van der Waals surface area contributed by atoms with Gasteiger partial charge in [-0.05, 0) is 5.56 Å². The van der Waals surface area contributed by atoms with Crippen molar-refractivity contribution in [1.29, 1.82) is 0 Å². The van der Waals surface area contributed by atoms with Crippen molar-refractivity contribution < 1.29 is 4.58 Å². The molecule has 0 saturated carbocycles. The molecular formula is C17H24N+. The van der Waals surface area contributed by atoms with E-state index >= 15 is 0 Å².